The Morgan fingerprint density at radius 2 is 1.85 bits per heavy atom. The van der Waals surface area contributed by atoms with Gasteiger partial charge in [-0.1, -0.05) is 18.2 Å². The van der Waals surface area contributed by atoms with E-state index in [1.165, 1.54) is 6.92 Å². The smallest absolute Gasteiger partial charge is 0.490 e. The topological polar surface area (TPSA) is 165 Å². The van der Waals surface area contributed by atoms with E-state index in [0.717, 1.165) is 10.8 Å². The third-order valence-electron chi connectivity index (χ3n) is 7.74. The average Bonchev–Trinajstić information content (AvgIpc) is 3.43. The lowest BCUT2D eigenvalue weighted by atomic mass is 9.99. The van der Waals surface area contributed by atoms with E-state index >= 15 is 0 Å². The summed E-state index contributed by atoms with van der Waals surface area (Å²) in [6.07, 6.45) is -0.457. The number of anilines is 3. The van der Waals surface area contributed by atoms with Gasteiger partial charge in [-0.15, -0.1) is 0 Å². The molecule has 3 unspecified atom stereocenters. The van der Waals surface area contributed by atoms with Crippen LogP contribution in [0.2, 0.25) is 0 Å². The zero-order chi connectivity index (χ0) is 33.7. The molecular weight excluding hydrogens is 602 g/mol. The van der Waals surface area contributed by atoms with E-state index in [1.54, 1.807) is 47.5 Å². The van der Waals surface area contributed by atoms with Gasteiger partial charge in [-0.25, -0.2) is 9.78 Å². The number of rotatable bonds is 11. The van der Waals surface area contributed by atoms with E-state index in [9.17, 15) is 19.5 Å². The van der Waals surface area contributed by atoms with Gasteiger partial charge >= 0.3 is 6.16 Å². The van der Waals surface area contributed by atoms with Crippen molar-refractivity contribution >= 4 is 45.9 Å². The Kier molecular flexibility index (Phi) is 9.98. The van der Waals surface area contributed by atoms with Crippen LogP contribution in [0, 0.1) is 0 Å². The number of nitrogens with two attached hydrogens (primary N) is 1. The number of pyridine rings is 1. The fourth-order valence-corrected chi connectivity index (χ4v) is 5.90. The highest BCUT2D eigenvalue weighted by atomic mass is 16.7. The highest BCUT2D eigenvalue weighted by Crippen LogP contribution is 2.40. The molecule has 0 aliphatic carbocycles. The van der Waals surface area contributed by atoms with Gasteiger partial charge in [0.05, 0.1) is 18.8 Å². The first-order valence-electron chi connectivity index (χ1n) is 15.5. The minimum atomic E-state index is -1.44. The maximum Gasteiger partial charge on any atom is 0.506 e. The molecule has 2 amide bonds. The van der Waals surface area contributed by atoms with Crippen LogP contribution in [0.3, 0.4) is 0 Å². The molecule has 1 saturated heterocycles. The Hall–Kier alpha value is -5.52. The number of fused-ring (bicyclic) bond motifs is 1. The molecule has 0 saturated carbocycles. The Morgan fingerprint density at radius 3 is 2.57 bits per heavy atom. The lowest BCUT2D eigenvalue weighted by Crippen LogP contribution is -2.40. The number of amides is 2. The molecule has 3 atom stereocenters. The summed E-state index contributed by atoms with van der Waals surface area (Å²) in [5.41, 5.74) is 8.49. The summed E-state index contributed by atoms with van der Waals surface area (Å²) in [7, 11) is 0. The van der Waals surface area contributed by atoms with Crippen molar-refractivity contribution < 1.29 is 33.7 Å². The average molecular weight is 642 g/mol. The number of aromatic nitrogens is 1. The molecule has 12 heteroatoms. The largest absolute Gasteiger partial charge is 0.506 e. The number of carbonyl (C=O) groups is 3. The highest BCUT2D eigenvalue weighted by Gasteiger charge is 2.43. The standard InChI is InChI=1S/C35H39N5O7/c1-5-45-30-19-23(9-12-28(30)46-20(2)3)31(39-26-10-11-27-22(17-26)13-15-37-33(27)36)34(42)40-16-14-29(47-35(43)44)32(40)24-7-6-8-25(18-24)38-21(4)41/h6-13,15,17-20,29,31-32,39H,5,14,16H2,1-4H3,(H2,36,37)(H,38,41)(H,43,44). The molecule has 4 aromatic rings. The van der Waals surface area contributed by atoms with Crippen LogP contribution in [0.5, 0.6) is 11.5 Å². The number of ether oxygens (including phenoxy) is 3. The van der Waals surface area contributed by atoms with Crippen molar-refractivity contribution in [2.24, 2.45) is 0 Å². The molecule has 1 aromatic heterocycles. The van der Waals surface area contributed by atoms with Crippen LogP contribution >= 0.6 is 0 Å². The SMILES string of the molecule is CCOc1cc(C(Nc2ccc3c(N)nccc3c2)C(=O)N2CCC(OC(=O)O)C2c2cccc(NC(C)=O)c2)ccc1OC(C)C. The van der Waals surface area contributed by atoms with Crippen molar-refractivity contribution in [2.45, 2.75) is 58.4 Å². The van der Waals surface area contributed by atoms with Gasteiger partial charge in [0.2, 0.25) is 11.8 Å². The van der Waals surface area contributed by atoms with Gasteiger partial charge in [-0.3, -0.25) is 9.59 Å². The van der Waals surface area contributed by atoms with Crippen molar-refractivity contribution in [1.82, 2.24) is 9.88 Å². The molecule has 3 aromatic carbocycles. The highest BCUT2D eigenvalue weighted by molar-refractivity contribution is 5.94. The first-order chi connectivity index (χ1) is 22.5. The van der Waals surface area contributed by atoms with Gasteiger partial charge in [-0.2, -0.15) is 0 Å². The van der Waals surface area contributed by atoms with E-state index < -0.39 is 24.3 Å². The molecule has 1 aliphatic rings. The van der Waals surface area contributed by atoms with Gasteiger partial charge < -0.3 is 40.6 Å². The van der Waals surface area contributed by atoms with Crippen molar-refractivity contribution in [1.29, 1.82) is 0 Å². The molecule has 5 N–H and O–H groups in total. The lowest BCUT2D eigenvalue weighted by Gasteiger charge is -2.32. The van der Waals surface area contributed by atoms with Gasteiger partial charge in [0.15, 0.2) is 11.5 Å². The summed E-state index contributed by atoms with van der Waals surface area (Å²) in [6, 6.07) is 18.1. The summed E-state index contributed by atoms with van der Waals surface area (Å²) < 4.78 is 17.2. The van der Waals surface area contributed by atoms with E-state index in [1.807, 2.05) is 51.1 Å². The van der Waals surface area contributed by atoms with Crippen molar-refractivity contribution in [3.63, 3.8) is 0 Å². The Labute approximate surface area is 272 Å². The molecular formula is C35H39N5O7. The zero-order valence-corrected chi connectivity index (χ0v) is 26.7. The third-order valence-corrected chi connectivity index (χ3v) is 7.74. The predicted octanol–water partition coefficient (Wildman–Crippen LogP) is 6.15. The summed E-state index contributed by atoms with van der Waals surface area (Å²) in [4.78, 5) is 44.1. The molecule has 246 valence electrons. The van der Waals surface area contributed by atoms with E-state index in [0.29, 0.717) is 46.4 Å². The molecule has 0 bridgehead atoms. The quantitative estimate of drug-likeness (QED) is 0.140. The number of hydrogen-bond donors (Lipinski definition) is 4. The summed E-state index contributed by atoms with van der Waals surface area (Å²) in [5.74, 6) is 0.866. The number of nitrogens with zero attached hydrogens (tertiary/aromatic N) is 2. The van der Waals surface area contributed by atoms with Gasteiger partial charge in [-0.05, 0) is 85.8 Å². The second kappa shape index (κ2) is 14.3. The van der Waals surface area contributed by atoms with Crippen molar-refractivity contribution in [3.8, 4) is 11.5 Å². The van der Waals surface area contributed by atoms with Crippen LogP contribution in [-0.2, 0) is 14.3 Å². The summed E-state index contributed by atoms with van der Waals surface area (Å²) >= 11 is 0. The fourth-order valence-electron chi connectivity index (χ4n) is 5.90. The Morgan fingerprint density at radius 1 is 1.04 bits per heavy atom. The number of likely N-dealkylation sites (tertiary alicyclic amines) is 1. The van der Waals surface area contributed by atoms with Gasteiger partial charge in [0.25, 0.3) is 0 Å². The lowest BCUT2D eigenvalue weighted by molar-refractivity contribution is -0.134. The van der Waals surface area contributed by atoms with Crippen molar-refractivity contribution in [2.75, 3.05) is 29.5 Å². The number of nitrogen functional groups attached to an aromatic ring is 1. The number of hydrogen-bond acceptors (Lipinski definition) is 9. The summed E-state index contributed by atoms with van der Waals surface area (Å²) in [5, 5.41) is 17.4. The molecule has 1 aliphatic heterocycles. The molecule has 1 fully saturated rings. The molecule has 47 heavy (non-hydrogen) atoms. The van der Waals surface area contributed by atoms with E-state index in [4.69, 9.17) is 19.9 Å². The van der Waals surface area contributed by atoms with Crippen LogP contribution in [0.4, 0.5) is 22.0 Å². The summed E-state index contributed by atoms with van der Waals surface area (Å²) in [6.45, 7) is 7.73. The van der Waals surface area contributed by atoms with E-state index in [-0.39, 0.29) is 30.9 Å². The first kappa shape index (κ1) is 32.9. The second-order valence-corrected chi connectivity index (χ2v) is 11.5. The minimum Gasteiger partial charge on any atom is -0.490 e. The second-order valence-electron chi connectivity index (χ2n) is 11.5. The molecule has 0 radical (unpaired) electrons. The van der Waals surface area contributed by atoms with Crippen LogP contribution in [-0.4, -0.2) is 58.3 Å². The van der Waals surface area contributed by atoms with Gasteiger partial charge in [0, 0.05) is 42.8 Å². The Balaban J connectivity index is 1.59. The van der Waals surface area contributed by atoms with Crippen molar-refractivity contribution in [3.05, 3.63) is 84.1 Å². The first-order valence-corrected chi connectivity index (χ1v) is 15.5. The normalized spacial score (nSPS) is 16.5. The molecule has 2 heterocycles. The maximum atomic E-state index is 14.8. The fraction of sp³-hybridized carbons (Fsp3) is 0.314. The van der Waals surface area contributed by atoms with Gasteiger partial charge in [0.1, 0.15) is 18.0 Å². The third kappa shape index (κ3) is 7.66. The molecule has 12 nitrogen and oxygen atoms in total. The zero-order valence-electron chi connectivity index (χ0n) is 26.7. The number of nitrogens with one attached hydrogen (secondary N) is 2. The minimum absolute atomic E-state index is 0.0973. The predicted molar refractivity (Wildman–Crippen MR) is 179 cm³/mol. The van der Waals surface area contributed by atoms with Crippen LogP contribution < -0.4 is 25.8 Å². The maximum absolute atomic E-state index is 14.8. The molecule has 5 rings (SSSR count). The number of benzene rings is 3. The van der Waals surface area contributed by atoms with Crippen LogP contribution in [0.1, 0.15) is 57.3 Å². The van der Waals surface area contributed by atoms with Crippen LogP contribution in [0.25, 0.3) is 10.8 Å². The Bertz CT molecular complexity index is 1780. The molecule has 0 spiro atoms. The number of carboxylic acid groups (broad SMARTS) is 1. The monoisotopic (exact) mass is 641 g/mol. The van der Waals surface area contributed by atoms with E-state index in [2.05, 4.69) is 15.6 Å². The number of carbonyl (C=O) groups excluding carboxylic acids is 2. The van der Waals surface area contributed by atoms with Crippen LogP contribution in [0.15, 0.2) is 72.9 Å².